The summed E-state index contributed by atoms with van der Waals surface area (Å²) in [4.78, 5) is 48.3. The molecule has 1 heterocycles. The molecule has 0 saturated carbocycles. The molecule has 1 aliphatic heterocycles. The maximum absolute atomic E-state index is 12.3. The second-order valence-corrected chi connectivity index (χ2v) is 9.43. The number of aldehydes is 1. The predicted molar refractivity (Wildman–Crippen MR) is 118 cm³/mol. The fourth-order valence-electron chi connectivity index (χ4n) is 3.43. The zero-order valence-corrected chi connectivity index (χ0v) is 19.1. The number of likely N-dealkylation sites (tertiary alicyclic amines) is 1. The summed E-state index contributed by atoms with van der Waals surface area (Å²) in [5.74, 6) is 0.105. The molecule has 1 unspecified atom stereocenters. The zero-order chi connectivity index (χ0) is 22.6. The molecule has 1 fully saturated rings. The van der Waals surface area contributed by atoms with Gasteiger partial charge in [-0.25, -0.2) is 0 Å². The largest absolute Gasteiger partial charge is 0.356 e. The number of nitrogens with one attached hydrogen (secondary N) is 1. The van der Waals surface area contributed by atoms with Crippen molar-refractivity contribution in [2.45, 2.75) is 90.2 Å². The van der Waals surface area contributed by atoms with Gasteiger partial charge in [-0.05, 0) is 31.1 Å². The van der Waals surface area contributed by atoms with E-state index >= 15 is 0 Å². The minimum atomic E-state index is -0.652. The number of imide groups is 1. The van der Waals surface area contributed by atoms with Crippen molar-refractivity contribution in [1.82, 2.24) is 10.2 Å². The highest BCUT2D eigenvalue weighted by molar-refractivity contribution is 8.00. The second-order valence-electron chi connectivity index (χ2n) is 8.12. The molecule has 1 saturated heterocycles. The van der Waals surface area contributed by atoms with Crippen LogP contribution in [0.25, 0.3) is 0 Å². The third kappa shape index (κ3) is 9.32. The van der Waals surface area contributed by atoms with Crippen LogP contribution in [0.2, 0.25) is 0 Å². The molecule has 0 aromatic heterocycles. The van der Waals surface area contributed by atoms with E-state index in [0.717, 1.165) is 45.1 Å². The minimum absolute atomic E-state index is 0.0680. The van der Waals surface area contributed by atoms with Crippen LogP contribution in [0.3, 0.4) is 0 Å². The molecule has 1 N–H and O–H groups in total. The molecule has 29 heavy (non-hydrogen) atoms. The van der Waals surface area contributed by atoms with Crippen LogP contribution >= 0.6 is 11.8 Å². The average Bonchev–Trinajstić information content (AvgIpc) is 2.98. The minimum Gasteiger partial charge on any atom is -0.356 e. The Bertz CT molecular complexity index is 596. The van der Waals surface area contributed by atoms with Crippen molar-refractivity contribution in [3.05, 3.63) is 0 Å². The molecule has 0 bridgehead atoms. The van der Waals surface area contributed by atoms with Gasteiger partial charge >= 0.3 is 0 Å². The first-order valence-corrected chi connectivity index (χ1v) is 12.0. The Balaban J connectivity index is 2.14. The fraction of sp³-hybridized carbons (Fsp3) is 0.818. The molecule has 6 nitrogen and oxygen atoms in total. The van der Waals surface area contributed by atoms with Crippen LogP contribution in [0.5, 0.6) is 0 Å². The lowest BCUT2D eigenvalue weighted by Crippen LogP contribution is -2.32. The zero-order valence-electron chi connectivity index (χ0n) is 19.3. The number of thioether (sulfide) groups is 1. The number of hydrogen-bond donors (Lipinski definition) is 1. The maximum atomic E-state index is 12.3. The van der Waals surface area contributed by atoms with Crippen LogP contribution in [0.15, 0.2) is 0 Å². The lowest BCUT2D eigenvalue weighted by atomic mass is 9.80. The lowest BCUT2D eigenvalue weighted by molar-refractivity contribution is -0.138. The van der Waals surface area contributed by atoms with Gasteiger partial charge in [-0.3, -0.25) is 19.3 Å². The van der Waals surface area contributed by atoms with Gasteiger partial charge in [-0.1, -0.05) is 40.0 Å². The number of carbonyl (C=O) groups excluding carboxylic acids is 4. The molecule has 0 aromatic carbocycles. The van der Waals surface area contributed by atoms with Crippen LogP contribution in [-0.2, 0) is 19.2 Å². The molecule has 1 rings (SSSR count). The highest BCUT2D eigenvalue weighted by atomic mass is 32.2. The Morgan fingerprint density at radius 1 is 1.28 bits per heavy atom. The van der Waals surface area contributed by atoms with Gasteiger partial charge in [0.25, 0.3) is 0 Å². The second kappa shape index (κ2) is 13.8. The van der Waals surface area contributed by atoms with Gasteiger partial charge in [-0.2, -0.15) is 0 Å². The van der Waals surface area contributed by atoms with Crippen molar-refractivity contribution >= 4 is 35.7 Å². The van der Waals surface area contributed by atoms with E-state index in [1.807, 2.05) is 0 Å². The summed E-state index contributed by atoms with van der Waals surface area (Å²) in [6, 6.07) is 0. The summed E-state index contributed by atoms with van der Waals surface area (Å²) in [5.41, 5.74) is 0.367. The summed E-state index contributed by atoms with van der Waals surface area (Å²) in [7, 11) is 0. The molecule has 7 heteroatoms. The van der Waals surface area contributed by atoms with Gasteiger partial charge in [0.05, 0.1) is 5.25 Å². The third-order valence-electron chi connectivity index (χ3n) is 6.00. The molecule has 1 aliphatic rings. The van der Waals surface area contributed by atoms with E-state index in [9.17, 15) is 19.2 Å². The summed E-state index contributed by atoms with van der Waals surface area (Å²) in [6.07, 6.45) is 6.75. The van der Waals surface area contributed by atoms with Crippen molar-refractivity contribution in [2.75, 3.05) is 18.8 Å². The molecule has 3 amide bonds. The normalized spacial score (nSPS) is 17.6. The fourth-order valence-corrected chi connectivity index (χ4v) is 4.44. The van der Waals surface area contributed by atoms with Crippen LogP contribution in [0, 0.1) is 5.41 Å². The van der Waals surface area contributed by atoms with Gasteiger partial charge < -0.3 is 10.1 Å². The van der Waals surface area contributed by atoms with Crippen LogP contribution in [0.1, 0.15) is 86.4 Å². The summed E-state index contributed by atoms with van der Waals surface area (Å²) in [6.45, 7) is 7.83. The maximum Gasteiger partial charge on any atom is 0.242 e. The molecule has 0 spiro atoms. The summed E-state index contributed by atoms with van der Waals surface area (Å²) < 4.78 is 6.89. The number of amides is 3. The van der Waals surface area contributed by atoms with E-state index in [0.29, 0.717) is 30.6 Å². The quantitative estimate of drug-likeness (QED) is 0.231. The lowest BCUT2D eigenvalue weighted by Gasteiger charge is -2.26. The van der Waals surface area contributed by atoms with E-state index < -0.39 is 11.5 Å². The van der Waals surface area contributed by atoms with Crippen molar-refractivity contribution < 1.29 is 20.5 Å². The van der Waals surface area contributed by atoms with Gasteiger partial charge in [-0.15, -0.1) is 11.8 Å². The number of unbranched alkanes of at least 4 members (excludes halogenated alkanes) is 2. The highest BCUT2D eigenvalue weighted by Gasteiger charge is 2.38. The monoisotopic (exact) mass is 427 g/mol. The van der Waals surface area contributed by atoms with Crippen LogP contribution in [0.4, 0.5) is 0 Å². The predicted octanol–water partition coefficient (Wildman–Crippen LogP) is 3.72. The van der Waals surface area contributed by atoms with E-state index in [2.05, 4.69) is 26.1 Å². The number of carbonyl (C=O) groups is 4. The first-order chi connectivity index (χ1) is 14.2. The molecule has 0 radical (unpaired) electrons. The summed E-state index contributed by atoms with van der Waals surface area (Å²) >= 11 is 1.28. The number of rotatable bonds is 16. The number of nitrogens with zero attached hydrogens (tertiary/aromatic N) is 1. The Hall–Kier alpha value is -1.37. The number of hydrogen-bond acceptors (Lipinski definition) is 5. The van der Waals surface area contributed by atoms with Crippen molar-refractivity contribution in [1.29, 1.82) is 0 Å². The molecule has 1 atom stereocenters. The van der Waals surface area contributed by atoms with E-state index in [1.54, 1.807) is 0 Å². The van der Waals surface area contributed by atoms with E-state index in [-0.39, 0.29) is 30.6 Å². The Morgan fingerprint density at radius 2 is 2.00 bits per heavy atom. The van der Waals surface area contributed by atoms with Crippen LogP contribution in [-0.4, -0.2) is 53.0 Å². The molecular weight excluding hydrogens is 388 g/mol. The van der Waals surface area contributed by atoms with Gasteiger partial charge in [0.1, 0.15) is 7.63 Å². The smallest absolute Gasteiger partial charge is 0.242 e. The molecule has 0 aliphatic carbocycles. The average molecular weight is 428 g/mol. The van der Waals surface area contributed by atoms with E-state index in [1.165, 1.54) is 16.7 Å². The van der Waals surface area contributed by atoms with Crippen LogP contribution < -0.4 is 5.32 Å². The molecule has 166 valence electrons. The van der Waals surface area contributed by atoms with Gasteiger partial charge in [0.15, 0.2) is 0 Å². The first kappa shape index (κ1) is 23.9. The first-order valence-electron chi connectivity index (χ1n) is 11.4. The third-order valence-corrected chi connectivity index (χ3v) is 7.21. The molecule has 0 aromatic rings. The van der Waals surface area contributed by atoms with Crippen molar-refractivity contribution in [3.63, 3.8) is 0 Å². The highest BCUT2D eigenvalue weighted by Crippen LogP contribution is 2.30. The summed E-state index contributed by atoms with van der Waals surface area (Å²) in [5, 5.41) is 2.56. The molecular formula is C22H38N2O4S. The van der Waals surface area contributed by atoms with Crippen molar-refractivity contribution in [3.8, 4) is 0 Å². The Morgan fingerprint density at radius 3 is 2.66 bits per heavy atom. The topological polar surface area (TPSA) is 83.6 Å². The van der Waals surface area contributed by atoms with Gasteiger partial charge in [0.2, 0.25) is 17.7 Å². The SMILES string of the molecule is [2H]C(=O)CCSC1CC(=O)N(CCCCCC(=O)NCCCC(C)(CC)CC)C1=O. The standard InChI is InChI=1S/C22H38N2O4S/c1-4-22(3,5-2)12-9-13-23-19(26)11-7-6-8-14-24-20(27)17-18(21(24)28)29-16-10-15-25/h15,18H,4-14,16-17H2,1-3H3,(H,23,26)/i15D. The Kier molecular flexibility index (Phi) is 11.4. The Labute approximate surface area is 181 Å². The van der Waals surface area contributed by atoms with Crippen molar-refractivity contribution in [2.24, 2.45) is 5.41 Å². The van der Waals surface area contributed by atoms with E-state index in [4.69, 9.17) is 1.37 Å². The van der Waals surface area contributed by atoms with Gasteiger partial charge in [0, 0.05) is 38.1 Å².